The number of rotatable bonds is 3. The van der Waals surface area contributed by atoms with Gasteiger partial charge in [-0.05, 0) is 24.1 Å². The molecule has 5 heteroatoms. The smallest absolute Gasteiger partial charge is 0.314 e. The molecular weight excluding hydrogens is 257 g/mol. The number of hydrogen-bond donors (Lipinski definition) is 1. The molecule has 0 radical (unpaired) electrons. The highest BCUT2D eigenvalue weighted by molar-refractivity contribution is 5.71. The molecule has 1 aliphatic heterocycles. The van der Waals surface area contributed by atoms with Crippen LogP contribution in [-0.2, 0) is 0 Å². The molecule has 1 aliphatic rings. The van der Waals surface area contributed by atoms with E-state index >= 15 is 0 Å². The summed E-state index contributed by atoms with van der Waals surface area (Å²) in [6.07, 6.45) is 4.98. The first kappa shape index (κ1) is 14.5. The summed E-state index contributed by atoms with van der Waals surface area (Å²) < 4.78 is 12.8. The lowest BCUT2D eigenvalue weighted by Crippen LogP contribution is -2.38. The van der Waals surface area contributed by atoms with Gasteiger partial charge in [0, 0.05) is 32.7 Å². The van der Waals surface area contributed by atoms with Crippen LogP contribution in [0.15, 0.2) is 30.3 Å². The zero-order chi connectivity index (χ0) is 14.4. The summed E-state index contributed by atoms with van der Waals surface area (Å²) in [6, 6.07) is 6.08. The molecule has 0 saturated carbocycles. The van der Waals surface area contributed by atoms with Gasteiger partial charge in [-0.2, -0.15) is 0 Å². The van der Waals surface area contributed by atoms with Crippen LogP contribution in [0.4, 0.5) is 9.18 Å². The Balaban J connectivity index is 1.82. The maximum absolute atomic E-state index is 12.8. The Labute approximate surface area is 118 Å². The van der Waals surface area contributed by atoms with Gasteiger partial charge < -0.3 is 10.6 Å². The van der Waals surface area contributed by atoms with Crippen molar-refractivity contribution < 1.29 is 9.18 Å². The fraction of sp³-hybridized carbons (Fsp3) is 0.400. The maximum Gasteiger partial charge on any atom is 0.314 e. The average molecular weight is 277 g/mol. The number of hydrogen-bond acceptors (Lipinski definition) is 2. The van der Waals surface area contributed by atoms with Gasteiger partial charge in [0.15, 0.2) is 0 Å². The predicted molar refractivity (Wildman–Crippen MR) is 77.6 cm³/mol. The Bertz CT molecular complexity index is 473. The van der Waals surface area contributed by atoms with E-state index in [1.165, 1.54) is 12.1 Å². The van der Waals surface area contributed by atoms with Gasteiger partial charge in [0.1, 0.15) is 5.82 Å². The van der Waals surface area contributed by atoms with Gasteiger partial charge >= 0.3 is 6.03 Å². The first-order chi connectivity index (χ1) is 9.65. The normalized spacial score (nSPS) is 17.4. The van der Waals surface area contributed by atoms with Crippen molar-refractivity contribution in [2.75, 3.05) is 32.7 Å². The third-order valence-electron chi connectivity index (χ3n) is 3.44. The molecule has 1 saturated heterocycles. The summed E-state index contributed by atoms with van der Waals surface area (Å²) in [5.74, 6) is -0.221. The van der Waals surface area contributed by atoms with Crippen molar-refractivity contribution in [3.8, 4) is 0 Å². The van der Waals surface area contributed by atoms with E-state index in [1.807, 2.05) is 6.08 Å². The van der Waals surface area contributed by atoms with E-state index < -0.39 is 0 Å². The molecule has 2 rings (SSSR count). The summed E-state index contributed by atoms with van der Waals surface area (Å²) in [7, 11) is 0. The lowest BCUT2D eigenvalue weighted by molar-refractivity contribution is 0.208. The Kier molecular flexibility index (Phi) is 5.12. The van der Waals surface area contributed by atoms with E-state index in [4.69, 9.17) is 5.73 Å². The Morgan fingerprint density at radius 3 is 2.65 bits per heavy atom. The number of primary amides is 1. The van der Waals surface area contributed by atoms with Crippen LogP contribution in [0.1, 0.15) is 12.0 Å². The summed E-state index contributed by atoms with van der Waals surface area (Å²) in [4.78, 5) is 15.1. The van der Waals surface area contributed by atoms with Crippen molar-refractivity contribution in [3.63, 3.8) is 0 Å². The molecule has 4 nitrogen and oxygen atoms in total. The topological polar surface area (TPSA) is 49.6 Å². The van der Waals surface area contributed by atoms with Crippen LogP contribution in [0.3, 0.4) is 0 Å². The molecule has 0 aromatic heterocycles. The highest BCUT2D eigenvalue weighted by atomic mass is 19.1. The van der Waals surface area contributed by atoms with E-state index in [2.05, 4.69) is 11.0 Å². The van der Waals surface area contributed by atoms with Crippen LogP contribution in [-0.4, -0.2) is 48.6 Å². The molecule has 1 fully saturated rings. The SMILES string of the molecule is NC(=O)N1CCCN(CC=Cc2ccc(F)cc2)CC1. The van der Waals surface area contributed by atoms with Crippen LogP contribution in [0.2, 0.25) is 0 Å². The van der Waals surface area contributed by atoms with E-state index in [9.17, 15) is 9.18 Å². The van der Waals surface area contributed by atoms with Gasteiger partial charge in [0.2, 0.25) is 0 Å². The maximum atomic E-state index is 12.8. The number of carbonyl (C=O) groups excluding carboxylic acids is 1. The van der Waals surface area contributed by atoms with E-state index in [0.29, 0.717) is 6.54 Å². The summed E-state index contributed by atoms with van der Waals surface area (Å²) in [5.41, 5.74) is 6.28. The van der Waals surface area contributed by atoms with Crippen molar-refractivity contribution in [2.24, 2.45) is 5.73 Å². The van der Waals surface area contributed by atoms with Crippen molar-refractivity contribution in [1.82, 2.24) is 9.80 Å². The molecule has 1 aromatic rings. The quantitative estimate of drug-likeness (QED) is 0.917. The fourth-order valence-electron chi connectivity index (χ4n) is 2.29. The highest BCUT2D eigenvalue weighted by Gasteiger charge is 2.15. The summed E-state index contributed by atoms with van der Waals surface area (Å²) in [5, 5.41) is 0. The molecule has 0 spiro atoms. The van der Waals surface area contributed by atoms with Gasteiger partial charge in [0.25, 0.3) is 0 Å². The monoisotopic (exact) mass is 277 g/mol. The van der Waals surface area contributed by atoms with Crippen molar-refractivity contribution in [1.29, 1.82) is 0 Å². The fourth-order valence-corrected chi connectivity index (χ4v) is 2.29. The number of benzene rings is 1. The number of amides is 2. The van der Waals surface area contributed by atoms with Crippen LogP contribution in [0.5, 0.6) is 0 Å². The number of carbonyl (C=O) groups is 1. The van der Waals surface area contributed by atoms with Crippen LogP contribution in [0, 0.1) is 5.82 Å². The Morgan fingerprint density at radius 2 is 1.95 bits per heavy atom. The molecule has 0 atom stereocenters. The zero-order valence-corrected chi connectivity index (χ0v) is 11.5. The van der Waals surface area contributed by atoms with Gasteiger partial charge in [-0.3, -0.25) is 4.90 Å². The van der Waals surface area contributed by atoms with Crippen molar-refractivity contribution in [3.05, 3.63) is 41.7 Å². The lowest BCUT2D eigenvalue weighted by atomic mass is 10.2. The zero-order valence-electron chi connectivity index (χ0n) is 11.5. The molecular formula is C15H20FN3O. The van der Waals surface area contributed by atoms with E-state index in [0.717, 1.165) is 38.2 Å². The van der Waals surface area contributed by atoms with Crippen LogP contribution >= 0.6 is 0 Å². The van der Waals surface area contributed by atoms with E-state index in [1.54, 1.807) is 17.0 Å². The predicted octanol–water partition coefficient (Wildman–Crippen LogP) is 1.93. The first-order valence-corrected chi connectivity index (χ1v) is 6.84. The van der Waals surface area contributed by atoms with Gasteiger partial charge in [0.05, 0.1) is 0 Å². The molecule has 1 aromatic carbocycles. The summed E-state index contributed by atoms with van der Waals surface area (Å²) in [6.45, 7) is 4.02. The molecule has 20 heavy (non-hydrogen) atoms. The molecule has 0 aliphatic carbocycles. The molecule has 108 valence electrons. The molecule has 2 N–H and O–H groups in total. The Hall–Kier alpha value is -1.88. The van der Waals surface area contributed by atoms with Gasteiger partial charge in [-0.15, -0.1) is 0 Å². The van der Waals surface area contributed by atoms with Crippen LogP contribution < -0.4 is 5.73 Å². The van der Waals surface area contributed by atoms with Crippen LogP contribution in [0.25, 0.3) is 6.08 Å². The second-order valence-corrected chi connectivity index (χ2v) is 4.93. The molecule has 2 amide bonds. The highest BCUT2D eigenvalue weighted by Crippen LogP contribution is 2.06. The number of halogens is 1. The van der Waals surface area contributed by atoms with Gasteiger partial charge in [-0.1, -0.05) is 24.3 Å². The minimum absolute atomic E-state index is 0.221. The van der Waals surface area contributed by atoms with E-state index in [-0.39, 0.29) is 11.8 Å². The largest absolute Gasteiger partial charge is 0.351 e. The minimum atomic E-state index is -0.339. The van der Waals surface area contributed by atoms with Gasteiger partial charge in [-0.25, -0.2) is 9.18 Å². The molecule has 0 bridgehead atoms. The molecule has 1 heterocycles. The average Bonchev–Trinajstić information content (AvgIpc) is 2.67. The second kappa shape index (κ2) is 7.05. The standard InChI is InChI=1S/C15H20FN3O/c16-14-6-4-13(5-7-14)3-1-8-18-9-2-10-19(12-11-18)15(17)20/h1,3-7H,2,8-12H2,(H2,17,20). The second-order valence-electron chi connectivity index (χ2n) is 4.93. The summed E-state index contributed by atoms with van der Waals surface area (Å²) >= 11 is 0. The number of nitrogens with zero attached hydrogens (tertiary/aromatic N) is 2. The third kappa shape index (κ3) is 4.35. The first-order valence-electron chi connectivity index (χ1n) is 6.84. The third-order valence-corrected chi connectivity index (χ3v) is 3.44. The minimum Gasteiger partial charge on any atom is -0.351 e. The number of nitrogens with two attached hydrogens (primary N) is 1. The molecule has 0 unspecified atom stereocenters. The van der Waals surface area contributed by atoms with Crippen molar-refractivity contribution >= 4 is 12.1 Å². The number of urea groups is 1. The lowest BCUT2D eigenvalue weighted by Gasteiger charge is -2.19. The van der Waals surface area contributed by atoms with Crippen molar-refractivity contribution in [2.45, 2.75) is 6.42 Å². The Morgan fingerprint density at radius 1 is 1.20 bits per heavy atom.